The van der Waals surface area contributed by atoms with Crippen LogP contribution in [0.4, 0.5) is 0 Å². The summed E-state index contributed by atoms with van der Waals surface area (Å²) in [5.74, 6) is 2.08. The fourth-order valence-electron chi connectivity index (χ4n) is 9.81. The van der Waals surface area contributed by atoms with Gasteiger partial charge in [-0.2, -0.15) is 0 Å². The highest BCUT2D eigenvalue weighted by atomic mass is 16.6. The molecule has 0 saturated carbocycles. The molecule has 3 heterocycles. The monoisotopic (exact) mass is 788 g/mol. The Morgan fingerprint density at radius 1 is 0.983 bits per heavy atom. The first-order valence-electron chi connectivity index (χ1n) is 20.3. The lowest BCUT2D eigenvalue weighted by Gasteiger charge is -2.48. The molecule has 304 valence electrons. The molecular formula is C46H52N4O8. The first-order valence-corrected chi connectivity index (χ1v) is 20.3. The number of hydrogen-bond donors (Lipinski definition) is 7. The molecule has 4 aromatic carbocycles. The highest BCUT2D eigenvalue weighted by Gasteiger charge is 2.51. The van der Waals surface area contributed by atoms with Gasteiger partial charge in [-0.3, -0.25) is 10.3 Å². The number of ether oxygens (including phenoxy) is 4. The van der Waals surface area contributed by atoms with Gasteiger partial charge in [-0.15, -0.1) is 0 Å². The van der Waals surface area contributed by atoms with Crippen molar-refractivity contribution >= 4 is 12.2 Å². The first-order chi connectivity index (χ1) is 28.2. The normalized spacial score (nSPS) is 23.8. The van der Waals surface area contributed by atoms with E-state index in [-0.39, 0.29) is 42.8 Å². The number of allylic oxidation sites excluding steroid dienone is 1. The molecule has 4 aromatic rings. The summed E-state index contributed by atoms with van der Waals surface area (Å²) in [7, 11) is 3.38. The van der Waals surface area contributed by atoms with Gasteiger partial charge in [0, 0.05) is 54.4 Å². The van der Waals surface area contributed by atoms with Gasteiger partial charge in [0.15, 0.2) is 17.6 Å². The average molecular weight is 789 g/mol. The van der Waals surface area contributed by atoms with Crippen molar-refractivity contribution < 1.29 is 39.4 Å². The Bertz CT molecular complexity index is 2400. The Labute approximate surface area is 337 Å². The third-order valence-corrected chi connectivity index (χ3v) is 12.5. The maximum absolute atomic E-state index is 11.3. The van der Waals surface area contributed by atoms with E-state index >= 15 is 0 Å². The molecule has 12 nitrogen and oxygen atoms in total. The van der Waals surface area contributed by atoms with E-state index in [4.69, 9.17) is 18.9 Å². The number of rotatable bonds is 13. The maximum atomic E-state index is 11.3. The predicted octanol–water partition coefficient (Wildman–Crippen LogP) is 3.45. The molecule has 6 atom stereocenters. The van der Waals surface area contributed by atoms with E-state index < -0.39 is 17.8 Å². The quantitative estimate of drug-likeness (QED) is 0.0784. The van der Waals surface area contributed by atoms with E-state index in [9.17, 15) is 20.4 Å². The van der Waals surface area contributed by atoms with Gasteiger partial charge in [0.25, 0.3) is 0 Å². The minimum Gasteiger partial charge on any atom is -0.507 e. The predicted molar refractivity (Wildman–Crippen MR) is 220 cm³/mol. The lowest BCUT2D eigenvalue weighted by Crippen LogP contribution is -2.56. The van der Waals surface area contributed by atoms with Crippen LogP contribution in [0, 0.1) is 0 Å². The number of fused-ring (bicyclic) bond motifs is 8. The van der Waals surface area contributed by atoms with Crippen LogP contribution in [0.1, 0.15) is 70.2 Å². The minimum atomic E-state index is -0.971. The fourth-order valence-corrected chi connectivity index (χ4v) is 9.81. The van der Waals surface area contributed by atoms with Crippen LogP contribution < -0.4 is 40.7 Å². The molecule has 9 rings (SSSR count). The Kier molecular flexibility index (Phi) is 10.4. The molecule has 0 unspecified atom stereocenters. The van der Waals surface area contributed by atoms with Crippen LogP contribution in [0.3, 0.4) is 0 Å². The fraction of sp³-hybridized carbons (Fsp3) is 0.413. The van der Waals surface area contributed by atoms with Crippen LogP contribution in [0.2, 0.25) is 0 Å². The minimum absolute atomic E-state index is 0.0140. The van der Waals surface area contributed by atoms with E-state index in [1.54, 1.807) is 19.1 Å². The molecule has 12 heteroatoms. The van der Waals surface area contributed by atoms with E-state index in [1.165, 1.54) is 12.7 Å². The van der Waals surface area contributed by atoms with E-state index in [2.05, 4.69) is 57.4 Å². The first kappa shape index (κ1) is 38.6. The van der Waals surface area contributed by atoms with Crippen LogP contribution in [0.5, 0.6) is 28.7 Å². The van der Waals surface area contributed by atoms with Gasteiger partial charge in [-0.1, -0.05) is 36.4 Å². The van der Waals surface area contributed by atoms with E-state index in [0.717, 1.165) is 66.6 Å². The third-order valence-electron chi connectivity index (χ3n) is 12.5. The zero-order valence-electron chi connectivity index (χ0n) is 33.2. The molecule has 7 N–H and O–H groups in total. The van der Waals surface area contributed by atoms with Crippen molar-refractivity contribution in [2.75, 3.05) is 53.8 Å². The number of nitrogens with one attached hydrogen (secondary N) is 3. The summed E-state index contributed by atoms with van der Waals surface area (Å²) in [5.41, 5.74) is 8.02. The number of methoxy groups -OCH3 is 1. The topological polar surface area (TPSA) is 166 Å². The van der Waals surface area contributed by atoms with Gasteiger partial charge in [-0.05, 0) is 103 Å². The number of phenolic OH excluding ortho intramolecular Hbond substituents is 2. The largest absolute Gasteiger partial charge is 0.507 e. The van der Waals surface area contributed by atoms with Crippen LogP contribution >= 0.6 is 0 Å². The molecule has 0 saturated heterocycles. The molecule has 0 bridgehead atoms. The van der Waals surface area contributed by atoms with Crippen molar-refractivity contribution in [2.45, 2.75) is 68.4 Å². The Morgan fingerprint density at radius 3 is 2.64 bits per heavy atom. The zero-order chi connectivity index (χ0) is 40.1. The van der Waals surface area contributed by atoms with Crippen molar-refractivity contribution in [1.29, 1.82) is 0 Å². The second-order valence-electron chi connectivity index (χ2n) is 16.2. The number of benzene rings is 4. The Hall–Kier alpha value is -4.95. The molecule has 2 aliphatic carbocycles. The van der Waals surface area contributed by atoms with Crippen molar-refractivity contribution in [3.05, 3.63) is 104 Å². The van der Waals surface area contributed by atoms with Crippen molar-refractivity contribution in [3.8, 4) is 39.9 Å². The zero-order valence-corrected chi connectivity index (χ0v) is 33.2. The van der Waals surface area contributed by atoms with E-state index in [1.807, 2.05) is 25.2 Å². The van der Waals surface area contributed by atoms with Crippen molar-refractivity contribution in [2.24, 2.45) is 4.99 Å². The van der Waals surface area contributed by atoms with Gasteiger partial charge < -0.3 is 50.0 Å². The van der Waals surface area contributed by atoms with Crippen molar-refractivity contribution in [1.82, 2.24) is 16.0 Å². The summed E-state index contributed by atoms with van der Waals surface area (Å²) in [6, 6.07) is 15.6. The Balaban J connectivity index is 1.25. The molecule has 0 fully saturated rings. The maximum Gasteiger partial charge on any atom is 0.160 e. The smallest absolute Gasteiger partial charge is 0.160 e. The summed E-state index contributed by atoms with van der Waals surface area (Å²) in [5, 5.41) is 54.5. The van der Waals surface area contributed by atoms with Crippen LogP contribution in [0.15, 0.2) is 59.6 Å². The summed E-state index contributed by atoms with van der Waals surface area (Å²) in [4.78, 5) is 4.64. The average Bonchev–Trinajstić information content (AvgIpc) is 3.72. The third kappa shape index (κ3) is 6.61. The number of aromatic hydroxyl groups is 2. The molecule has 0 radical (unpaired) electrons. The summed E-state index contributed by atoms with van der Waals surface area (Å²) in [6.07, 6.45) is 7.31. The summed E-state index contributed by atoms with van der Waals surface area (Å²) < 4.78 is 26.7. The molecule has 3 aliphatic heterocycles. The summed E-state index contributed by atoms with van der Waals surface area (Å²) >= 11 is 0. The molecular weight excluding hydrogens is 737 g/mol. The SMILES string of the molecule is CNCO[C@]1(CNCNC[C@H](C)O)Cc2c3c(c4c(c2O[C@@H]1c1ccc(O)c(OC)c1)CC[C@H](CO)O4)-c1ccc(O)c2c1[C@@H](C3)[C@@H](c1ccc3c(c1)=CCN=3)C=C2. The molecule has 0 amide bonds. The van der Waals surface area contributed by atoms with Gasteiger partial charge in [0.05, 0.1) is 38.5 Å². The molecule has 58 heavy (non-hydrogen) atoms. The van der Waals surface area contributed by atoms with E-state index in [0.29, 0.717) is 57.7 Å². The highest BCUT2D eigenvalue weighted by molar-refractivity contribution is 5.89. The molecule has 5 aliphatic rings. The Morgan fingerprint density at radius 2 is 1.83 bits per heavy atom. The number of aliphatic hydroxyl groups is 2. The number of phenols is 2. The van der Waals surface area contributed by atoms with Gasteiger partial charge in [0.1, 0.15) is 29.0 Å². The lowest BCUT2D eigenvalue weighted by molar-refractivity contribution is -0.129. The van der Waals surface area contributed by atoms with Gasteiger partial charge >= 0.3 is 0 Å². The lowest BCUT2D eigenvalue weighted by atomic mass is 9.64. The van der Waals surface area contributed by atoms with Crippen LogP contribution in [0.25, 0.3) is 23.3 Å². The summed E-state index contributed by atoms with van der Waals surface area (Å²) in [6.45, 7) is 3.79. The van der Waals surface area contributed by atoms with Gasteiger partial charge in [-0.25, -0.2) is 0 Å². The van der Waals surface area contributed by atoms with Crippen LogP contribution in [-0.2, 0) is 24.0 Å². The van der Waals surface area contributed by atoms with Gasteiger partial charge in [0.2, 0.25) is 0 Å². The van der Waals surface area contributed by atoms with Crippen LogP contribution in [-0.4, -0.2) is 92.0 Å². The van der Waals surface area contributed by atoms with Crippen molar-refractivity contribution in [3.63, 3.8) is 0 Å². The number of hydrogen-bond acceptors (Lipinski definition) is 12. The standard InChI is InChI=1S/C46H52N4O8/c1-25(52)20-48-23-49-22-46(56-24-47-2)19-36-35-18-34-30(26-4-11-37-27(16-26)14-15-50-37)8-9-31-38(53)13-10-32(41(31)34)42(35)44-33(7-6-29(21-51)57-44)43(36)58-45(46)28-5-12-39(54)40(17-28)55-3/h4-5,8-14,16-17,25,29-30,34,45,47-49,51-54H,6-7,15,18-24H2,1-3H3/t25-,29+,30+,34-,45+,46-/m0/s1. The number of nitrogens with zero attached hydrogens (tertiary/aromatic N) is 1. The number of aliphatic hydroxyl groups excluding tert-OH is 2. The second kappa shape index (κ2) is 15.7. The molecule has 0 aromatic heterocycles. The molecule has 0 spiro atoms. The second-order valence-corrected chi connectivity index (χ2v) is 16.2. The highest BCUT2D eigenvalue weighted by Crippen LogP contribution is 2.60.